The number of esters is 1. The number of imide groups is 1. The fraction of sp³-hybridized carbons (Fsp3) is 0.385. The van der Waals surface area contributed by atoms with E-state index in [9.17, 15) is 14.4 Å². The van der Waals surface area contributed by atoms with Crippen molar-refractivity contribution < 1.29 is 19.1 Å². The normalized spacial score (nSPS) is 9.90. The first-order valence-corrected chi connectivity index (χ1v) is 6.24. The molecule has 7 heteroatoms. The Morgan fingerprint density at radius 3 is 2.70 bits per heavy atom. The topological polar surface area (TPSA) is 103 Å². The molecular formula is C13H17N3O4. The Labute approximate surface area is 116 Å². The van der Waals surface area contributed by atoms with Crippen molar-refractivity contribution in [3.63, 3.8) is 0 Å². The van der Waals surface area contributed by atoms with Crippen LogP contribution in [0.3, 0.4) is 0 Å². The Kier molecular flexibility index (Phi) is 6.31. The zero-order valence-corrected chi connectivity index (χ0v) is 11.2. The van der Waals surface area contributed by atoms with Crippen molar-refractivity contribution in [1.29, 1.82) is 0 Å². The summed E-state index contributed by atoms with van der Waals surface area (Å²) in [7, 11) is 0. The van der Waals surface area contributed by atoms with E-state index in [1.165, 1.54) is 18.2 Å². The van der Waals surface area contributed by atoms with Crippen molar-refractivity contribution in [3.8, 4) is 0 Å². The first-order chi connectivity index (χ1) is 9.63. The van der Waals surface area contributed by atoms with Gasteiger partial charge in [0.25, 0.3) is 5.91 Å². The first-order valence-electron chi connectivity index (χ1n) is 6.24. The minimum absolute atomic E-state index is 0.0136. The summed E-state index contributed by atoms with van der Waals surface area (Å²) in [6, 6.07) is 4.39. The van der Waals surface area contributed by atoms with Gasteiger partial charge in [0.1, 0.15) is 11.4 Å². The summed E-state index contributed by atoms with van der Waals surface area (Å²) in [5.41, 5.74) is 5.38. The van der Waals surface area contributed by atoms with E-state index in [0.29, 0.717) is 19.4 Å². The van der Waals surface area contributed by atoms with Gasteiger partial charge in [-0.25, -0.2) is 9.78 Å². The second kappa shape index (κ2) is 8.00. The van der Waals surface area contributed by atoms with Crippen LogP contribution in [0, 0.1) is 0 Å². The van der Waals surface area contributed by atoms with Gasteiger partial charge in [0.15, 0.2) is 0 Å². The van der Waals surface area contributed by atoms with Gasteiger partial charge in [0.2, 0.25) is 6.41 Å². The summed E-state index contributed by atoms with van der Waals surface area (Å²) in [6.45, 7) is 2.47. The molecule has 1 aromatic rings. The molecule has 0 atom stereocenters. The Morgan fingerprint density at radius 1 is 1.40 bits per heavy atom. The summed E-state index contributed by atoms with van der Waals surface area (Å²) in [5, 5.41) is 0. The van der Waals surface area contributed by atoms with Crippen LogP contribution >= 0.6 is 0 Å². The molecule has 1 aromatic heterocycles. The average molecular weight is 279 g/mol. The molecule has 0 unspecified atom stereocenters. The summed E-state index contributed by atoms with van der Waals surface area (Å²) in [4.78, 5) is 39.4. The molecule has 7 nitrogen and oxygen atoms in total. The smallest absolute Gasteiger partial charge is 0.356 e. The number of aromatic nitrogens is 1. The Morgan fingerprint density at radius 2 is 2.10 bits per heavy atom. The van der Waals surface area contributed by atoms with E-state index < -0.39 is 11.9 Å². The Hall–Kier alpha value is -2.28. The molecule has 0 saturated carbocycles. The van der Waals surface area contributed by atoms with Crippen molar-refractivity contribution in [2.45, 2.75) is 13.3 Å². The summed E-state index contributed by atoms with van der Waals surface area (Å²) < 4.78 is 4.80. The van der Waals surface area contributed by atoms with Gasteiger partial charge in [-0.1, -0.05) is 6.07 Å². The number of hydrogen-bond donors (Lipinski definition) is 1. The van der Waals surface area contributed by atoms with Crippen LogP contribution < -0.4 is 5.73 Å². The third kappa shape index (κ3) is 4.13. The van der Waals surface area contributed by atoms with Crippen molar-refractivity contribution in [2.24, 2.45) is 5.73 Å². The number of nitrogens with two attached hydrogens (primary N) is 1. The predicted octanol–water partition coefficient (Wildman–Crippen LogP) is 0.206. The van der Waals surface area contributed by atoms with Gasteiger partial charge in [-0.15, -0.1) is 0 Å². The zero-order chi connectivity index (χ0) is 15.0. The minimum Gasteiger partial charge on any atom is -0.461 e. The van der Waals surface area contributed by atoms with Crippen molar-refractivity contribution in [1.82, 2.24) is 9.88 Å². The third-order valence-corrected chi connectivity index (χ3v) is 2.44. The second-order valence-electron chi connectivity index (χ2n) is 3.87. The van der Waals surface area contributed by atoms with E-state index in [1.54, 1.807) is 6.92 Å². The van der Waals surface area contributed by atoms with Crippen LogP contribution in [0.4, 0.5) is 0 Å². The molecular weight excluding hydrogens is 262 g/mol. The maximum absolute atomic E-state index is 12.1. The van der Waals surface area contributed by atoms with E-state index in [4.69, 9.17) is 10.5 Å². The van der Waals surface area contributed by atoms with E-state index in [1.807, 2.05) is 0 Å². The van der Waals surface area contributed by atoms with Crippen molar-refractivity contribution >= 4 is 18.3 Å². The van der Waals surface area contributed by atoms with E-state index in [2.05, 4.69) is 4.98 Å². The SMILES string of the molecule is CCOC(=O)c1cccc(C(=O)N(C=O)CCCN)n1. The molecule has 0 aliphatic rings. The predicted molar refractivity (Wildman–Crippen MR) is 71.0 cm³/mol. The van der Waals surface area contributed by atoms with Crippen molar-refractivity contribution in [2.75, 3.05) is 19.7 Å². The largest absolute Gasteiger partial charge is 0.461 e. The van der Waals surface area contributed by atoms with Crippen LogP contribution in [-0.4, -0.2) is 47.9 Å². The lowest BCUT2D eigenvalue weighted by Crippen LogP contribution is -2.32. The van der Waals surface area contributed by atoms with Crippen LogP contribution in [0.25, 0.3) is 0 Å². The zero-order valence-electron chi connectivity index (χ0n) is 11.2. The van der Waals surface area contributed by atoms with E-state index >= 15 is 0 Å². The maximum atomic E-state index is 12.1. The molecule has 1 heterocycles. The fourth-order valence-corrected chi connectivity index (χ4v) is 1.48. The quantitative estimate of drug-likeness (QED) is 0.565. The number of amides is 2. The molecule has 108 valence electrons. The van der Waals surface area contributed by atoms with E-state index in [-0.39, 0.29) is 24.5 Å². The van der Waals surface area contributed by atoms with Gasteiger partial charge >= 0.3 is 5.97 Å². The highest BCUT2D eigenvalue weighted by atomic mass is 16.5. The molecule has 0 bridgehead atoms. The molecule has 0 spiro atoms. The number of carbonyl (C=O) groups excluding carboxylic acids is 3. The highest BCUT2D eigenvalue weighted by Crippen LogP contribution is 2.05. The monoisotopic (exact) mass is 279 g/mol. The Balaban J connectivity index is 2.89. The van der Waals surface area contributed by atoms with Gasteiger partial charge in [0.05, 0.1) is 6.61 Å². The number of nitrogens with zero attached hydrogens (tertiary/aromatic N) is 2. The highest BCUT2D eigenvalue weighted by molar-refractivity contribution is 5.99. The molecule has 1 rings (SSSR count). The highest BCUT2D eigenvalue weighted by Gasteiger charge is 2.18. The molecule has 0 radical (unpaired) electrons. The van der Waals surface area contributed by atoms with Crippen LogP contribution in [0.2, 0.25) is 0 Å². The molecule has 20 heavy (non-hydrogen) atoms. The third-order valence-electron chi connectivity index (χ3n) is 2.44. The minimum atomic E-state index is -0.609. The van der Waals surface area contributed by atoms with Crippen LogP contribution in [-0.2, 0) is 9.53 Å². The standard InChI is InChI=1S/C13H17N3O4/c1-2-20-13(19)11-6-3-5-10(15-11)12(18)16(9-17)8-4-7-14/h3,5-6,9H,2,4,7-8,14H2,1H3. The summed E-state index contributed by atoms with van der Waals surface area (Å²) in [6.07, 6.45) is 0.929. The fourth-order valence-electron chi connectivity index (χ4n) is 1.48. The molecule has 0 fully saturated rings. The second-order valence-corrected chi connectivity index (χ2v) is 3.87. The maximum Gasteiger partial charge on any atom is 0.356 e. The van der Waals surface area contributed by atoms with Crippen LogP contribution in [0.15, 0.2) is 18.2 Å². The van der Waals surface area contributed by atoms with Gasteiger partial charge in [-0.05, 0) is 32.0 Å². The number of carbonyl (C=O) groups is 3. The molecule has 0 aliphatic carbocycles. The van der Waals surface area contributed by atoms with E-state index in [0.717, 1.165) is 4.90 Å². The molecule has 2 amide bonds. The van der Waals surface area contributed by atoms with Crippen molar-refractivity contribution in [3.05, 3.63) is 29.6 Å². The Bertz CT molecular complexity index is 490. The molecule has 2 N–H and O–H groups in total. The number of hydrogen-bond acceptors (Lipinski definition) is 6. The lowest BCUT2D eigenvalue weighted by Gasteiger charge is -2.14. The van der Waals surface area contributed by atoms with Gasteiger partial charge in [-0.3, -0.25) is 14.5 Å². The number of ether oxygens (including phenoxy) is 1. The van der Waals surface area contributed by atoms with Gasteiger partial charge < -0.3 is 10.5 Å². The summed E-state index contributed by atoms with van der Waals surface area (Å²) >= 11 is 0. The molecule has 0 saturated heterocycles. The summed E-state index contributed by atoms with van der Waals surface area (Å²) in [5.74, 6) is -1.18. The molecule has 0 aromatic carbocycles. The number of pyridine rings is 1. The first kappa shape index (κ1) is 15.8. The molecule has 0 aliphatic heterocycles. The number of rotatable bonds is 7. The average Bonchev–Trinajstić information content (AvgIpc) is 2.48. The van der Waals surface area contributed by atoms with Crippen LogP contribution in [0.1, 0.15) is 34.3 Å². The lowest BCUT2D eigenvalue weighted by molar-refractivity contribution is -0.116. The van der Waals surface area contributed by atoms with Crippen LogP contribution in [0.5, 0.6) is 0 Å². The lowest BCUT2D eigenvalue weighted by atomic mass is 10.2. The van der Waals surface area contributed by atoms with Gasteiger partial charge in [0, 0.05) is 6.54 Å². The van der Waals surface area contributed by atoms with Gasteiger partial charge in [-0.2, -0.15) is 0 Å².